The molecule has 1 aliphatic heterocycles. The summed E-state index contributed by atoms with van der Waals surface area (Å²) in [6.07, 6.45) is 3.17. The Balaban J connectivity index is 2.47. The monoisotopic (exact) mass is 256 g/mol. The minimum absolute atomic E-state index is 0.000691. The Hall–Kier alpha value is -1.10. The number of nitrogens with one attached hydrogen (secondary N) is 1. The molecular weight excluding hydrogens is 232 g/mol. The van der Waals surface area contributed by atoms with E-state index in [1.807, 2.05) is 11.8 Å². The number of rotatable bonds is 6. The summed E-state index contributed by atoms with van der Waals surface area (Å²) >= 11 is 0. The Morgan fingerprint density at radius 3 is 2.67 bits per heavy atom. The molecule has 1 fully saturated rings. The second-order valence-electron chi connectivity index (χ2n) is 4.89. The van der Waals surface area contributed by atoms with Crippen LogP contribution in [0.5, 0.6) is 0 Å². The minimum atomic E-state index is -0.760. The van der Waals surface area contributed by atoms with E-state index in [2.05, 4.69) is 12.2 Å². The first-order valence-corrected chi connectivity index (χ1v) is 6.82. The first kappa shape index (κ1) is 15.0. The largest absolute Gasteiger partial charge is 0.480 e. The van der Waals surface area contributed by atoms with Crippen molar-refractivity contribution >= 4 is 11.9 Å². The van der Waals surface area contributed by atoms with Crippen LogP contribution >= 0.6 is 0 Å². The van der Waals surface area contributed by atoms with Crippen molar-refractivity contribution in [1.82, 2.24) is 10.2 Å². The van der Waals surface area contributed by atoms with Crippen molar-refractivity contribution in [3.63, 3.8) is 0 Å². The number of piperidine rings is 1. The van der Waals surface area contributed by atoms with Crippen molar-refractivity contribution in [3.8, 4) is 0 Å². The van der Waals surface area contributed by atoms with Crippen molar-refractivity contribution in [2.24, 2.45) is 5.92 Å². The van der Waals surface area contributed by atoms with Crippen molar-refractivity contribution in [2.45, 2.75) is 45.6 Å². The van der Waals surface area contributed by atoms with E-state index < -0.39 is 12.0 Å². The molecule has 1 saturated heterocycles. The molecule has 2 N–H and O–H groups in total. The molecule has 5 nitrogen and oxygen atoms in total. The number of carboxylic acid groups (broad SMARTS) is 1. The Kier molecular flexibility index (Phi) is 6.12. The molecule has 1 amide bonds. The molecule has 1 rings (SSSR count). The molecule has 0 spiro atoms. The van der Waals surface area contributed by atoms with Crippen LogP contribution in [0.25, 0.3) is 0 Å². The van der Waals surface area contributed by atoms with E-state index in [-0.39, 0.29) is 5.91 Å². The molecule has 2 unspecified atom stereocenters. The average Bonchev–Trinajstić information content (AvgIpc) is 2.36. The highest BCUT2D eigenvalue weighted by molar-refractivity contribution is 5.76. The summed E-state index contributed by atoms with van der Waals surface area (Å²) in [5.74, 6) is -0.255. The Bertz CT molecular complexity index is 294. The molecule has 1 heterocycles. The molecule has 2 atom stereocenters. The first-order valence-electron chi connectivity index (χ1n) is 6.82. The van der Waals surface area contributed by atoms with Crippen molar-refractivity contribution < 1.29 is 14.7 Å². The summed E-state index contributed by atoms with van der Waals surface area (Å²) in [5, 5.41) is 12.0. The van der Waals surface area contributed by atoms with Crippen LogP contribution in [-0.2, 0) is 9.59 Å². The van der Waals surface area contributed by atoms with Gasteiger partial charge in [-0.3, -0.25) is 14.5 Å². The predicted octanol–water partition coefficient (Wildman–Crippen LogP) is 1.09. The highest BCUT2D eigenvalue weighted by atomic mass is 16.4. The summed E-state index contributed by atoms with van der Waals surface area (Å²) in [4.78, 5) is 24.6. The van der Waals surface area contributed by atoms with Gasteiger partial charge in [-0.25, -0.2) is 0 Å². The fourth-order valence-corrected chi connectivity index (χ4v) is 2.51. The third-order valence-electron chi connectivity index (χ3n) is 3.68. The van der Waals surface area contributed by atoms with Crippen LogP contribution in [0.15, 0.2) is 0 Å². The lowest BCUT2D eigenvalue weighted by Gasteiger charge is -2.36. The van der Waals surface area contributed by atoms with Gasteiger partial charge >= 0.3 is 5.97 Å². The summed E-state index contributed by atoms with van der Waals surface area (Å²) in [7, 11) is 0. The zero-order chi connectivity index (χ0) is 13.5. The SMILES string of the molecule is CCNC(=O)CCN1CCC(CC)CC1C(=O)O. The van der Waals surface area contributed by atoms with Crippen LogP contribution in [0, 0.1) is 5.92 Å². The number of carbonyl (C=O) groups excluding carboxylic acids is 1. The topological polar surface area (TPSA) is 69.6 Å². The lowest BCUT2D eigenvalue weighted by atomic mass is 9.89. The number of carboxylic acids is 1. The summed E-state index contributed by atoms with van der Waals surface area (Å²) in [5.41, 5.74) is 0. The van der Waals surface area contributed by atoms with Gasteiger partial charge in [-0.1, -0.05) is 13.3 Å². The Morgan fingerprint density at radius 1 is 1.39 bits per heavy atom. The van der Waals surface area contributed by atoms with E-state index in [0.29, 0.717) is 31.8 Å². The minimum Gasteiger partial charge on any atom is -0.480 e. The first-order chi connectivity index (χ1) is 8.58. The molecule has 0 bridgehead atoms. The van der Waals surface area contributed by atoms with Gasteiger partial charge < -0.3 is 10.4 Å². The molecule has 0 aromatic heterocycles. The van der Waals surface area contributed by atoms with Crippen LogP contribution < -0.4 is 5.32 Å². The van der Waals surface area contributed by atoms with Crippen molar-refractivity contribution in [2.75, 3.05) is 19.6 Å². The number of aliphatic carboxylic acids is 1. The summed E-state index contributed by atoms with van der Waals surface area (Å²) in [6, 6.07) is -0.418. The lowest BCUT2D eigenvalue weighted by Crippen LogP contribution is -2.48. The smallest absolute Gasteiger partial charge is 0.320 e. The van der Waals surface area contributed by atoms with Gasteiger partial charge in [0.25, 0.3) is 0 Å². The van der Waals surface area contributed by atoms with Gasteiger partial charge in [0.1, 0.15) is 6.04 Å². The summed E-state index contributed by atoms with van der Waals surface area (Å²) < 4.78 is 0. The van der Waals surface area contributed by atoms with E-state index in [9.17, 15) is 14.7 Å². The van der Waals surface area contributed by atoms with Gasteiger partial charge in [-0.2, -0.15) is 0 Å². The third kappa shape index (κ3) is 4.29. The average molecular weight is 256 g/mol. The normalized spacial score (nSPS) is 24.8. The van der Waals surface area contributed by atoms with Crippen LogP contribution in [-0.4, -0.2) is 47.6 Å². The fourth-order valence-electron chi connectivity index (χ4n) is 2.51. The quantitative estimate of drug-likeness (QED) is 0.746. The van der Waals surface area contributed by atoms with Crippen LogP contribution in [0.1, 0.15) is 39.5 Å². The number of hydrogen-bond acceptors (Lipinski definition) is 3. The number of likely N-dealkylation sites (tertiary alicyclic amines) is 1. The molecule has 104 valence electrons. The zero-order valence-electron chi connectivity index (χ0n) is 11.3. The molecule has 18 heavy (non-hydrogen) atoms. The number of hydrogen-bond donors (Lipinski definition) is 2. The van der Waals surface area contributed by atoms with Crippen molar-refractivity contribution in [1.29, 1.82) is 0 Å². The van der Waals surface area contributed by atoms with Gasteiger partial charge in [-0.15, -0.1) is 0 Å². The maximum Gasteiger partial charge on any atom is 0.320 e. The maximum atomic E-state index is 11.4. The molecule has 0 saturated carbocycles. The zero-order valence-corrected chi connectivity index (χ0v) is 11.3. The molecule has 0 aromatic rings. The van der Waals surface area contributed by atoms with Gasteiger partial charge in [0.2, 0.25) is 5.91 Å². The molecule has 0 aromatic carbocycles. The Labute approximate surface area is 109 Å². The molecule has 0 aliphatic carbocycles. The Morgan fingerprint density at radius 2 is 2.11 bits per heavy atom. The third-order valence-corrected chi connectivity index (χ3v) is 3.68. The van der Waals surface area contributed by atoms with E-state index in [1.165, 1.54) is 0 Å². The van der Waals surface area contributed by atoms with Gasteiger partial charge in [0, 0.05) is 19.5 Å². The summed E-state index contributed by atoms with van der Waals surface area (Å²) in [6.45, 7) is 5.94. The van der Waals surface area contributed by atoms with Crippen LogP contribution in [0.2, 0.25) is 0 Å². The second kappa shape index (κ2) is 7.36. The molecule has 1 aliphatic rings. The highest BCUT2D eigenvalue weighted by Gasteiger charge is 2.32. The predicted molar refractivity (Wildman–Crippen MR) is 69.3 cm³/mol. The van der Waals surface area contributed by atoms with Gasteiger partial charge in [0.05, 0.1) is 0 Å². The van der Waals surface area contributed by atoms with Crippen LogP contribution in [0.4, 0.5) is 0 Å². The number of amides is 1. The van der Waals surface area contributed by atoms with E-state index >= 15 is 0 Å². The van der Waals surface area contributed by atoms with E-state index in [4.69, 9.17) is 0 Å². The standard InChI is InChI=1S/C13H24N2O3/c1-3-10-5-7-15(11(9-10)13(17)18)8-6-12(16)14-4-2/h10-11H,3-9H2,1-2H3,(H,14,16)(H,17,18). The van der Waals surface area contributed by atoms with Crippen LogP contribution in [0.3, 0.4) is 0 Å². The van der Waals surface area contributed by atoms with Gasteiger partial charge in [0.15, 0.2) is 0 Å². The molecule has 5 heteroatoms. The second-order valence-corrected chi connectivity index (χ2v) is 4.89. The number of nitrogens with zero attached hydrogens (tertiary/aromatic N) is 1. The lowest BCUT2D eigenvalue weighted by molar-refractivity contribution is -0.146. The van der Waals surface area contributed by atoms with Gasteiger partial charge in [-0.05, 0) is 32.2 Å². The highest BCUT2D eigenvalue weighted by Crippen LogP contribution is 2.25. The van der Waals surface area contributed by atoms with E-state index in [0.717, 1.165) is 19.4 Å². The molecular formula is C13H24N2O3. The van der Waals surface area contributed by atoms with E-state index in [1.54, 1.807) is 0 Å². The fraction of sp³-hybridized carbons (Fsp3) is 0.846. The maximum absolute atomic E-state index is 11.4. The van der Waals surface area contributed by atoms with Crippen molar-refractivity contribution in [3.05, 3.63) is 0 Å². The molecule has 0 radical (unpaired) electrons. The number of carbonyl (C=O) groups is 2.